The second-order valence-electron chi connectivity index (χ2n) is 8.36. The zero-order chi connectivity index (χ0) is 19.5. The molecule has 0 spiro atoms. The molecule has 0 saturated heterocycles. The molecule has 1 aliphatic heterocycles. The van der Waals surface area contributed by atoms with Crippen molar-refractivity contribution < 1.29 is 9.53 Å². The van der Waals surface area contributed by atoms with Crippen molar-refractivity contribution in [3.05, 3.63) is 78.4 Å². The highest BCUT2D eigenvalue weighted by molar-refractivity contribution is 6.76. The molecule has 1 amide bonds. The standard InChI is InChI=1S/C23H29NO2Si/c1-5-15-23(19-11-7-6-8-12-19)20-13-9-10-14-21(20)24(22(23)25)18-26-16-17-27(2,3)4/h5-14H,1,15-18H2,2-4H3/t23-/m1/s1. The molecular weight excluding hydrogens is 350 g/mol. The first-order valence-electron chi connectivity index (χ1n) is 9.56. The maximum atomic E-state index is 13.7. The Morgan fingerprint density at radius 3 is 2.41 bits per heavy atom. The second kappa shape index (κ2) is 7.83. The van der Waals surface area contributed by atoms with Crippen LogP contribution in [0, 0.1) is 0 Å². The average Bonchev–Trinajstić information content (AvgIpc) is 2.89. The molecule has 0 aromatic heterocycles. The van der Waals surface area contributed by atoms with E-state index in [4.69, 9.17) is 4.74 Å². The first-order valence-corrected chi connectivity index (χ1v) is 13.3. The predicted molar refractivity (Wildman–Crippen MR) is 115 cm³/mol. The fourth-order valence-corrected chi connectivity index (χ4v) is 4.48. The van der Waals surface area contributed by atoms with E-state index in [2.05, 4.69) is 32.3 Å². The van der Waals surface area contributed by atoms with Crippen LogP contribution in [0.3, 0.4) is 0 Å². The summed E-state index contributed by atoms with van der Waals surface area (Å²) in [5.74, 6) is 0.0720. The molecule has 0 radical (unpaired) electrons. The Balaban J connectivity index is 1.95. The van der Waals surface area contributed by atoms with Gasteiger partial charge in [-0.05, 0) is 29.7 Å². The van der Waals surface area contributed by atoms with Gasteiger partial charge in [-0.15, -0.1) is 6.58 Å². The van der Waals surface area contributed by atoms with Gasteiger partial charge in [-0.2, -0.15) is 0 Å². The van der Waals surface area contributed by atoms with Gasteiger partial charge in [0.1, 0.15) is 12.1 Å². The van der Waals surface area contributed by atoms with E-state index >= 15 is 0 Å². The van der Waals surface area contributed by atoms with E-state index < -0.39 is 13.5 Å². The van der Waals surface area contributed by atoms with Gasteiger partial charge in [0.05, 0.1) is 5.69 Å². The number of carbonyl (C=O) groups excluding carboxylic acids is 1. The monoisotopic (exact) mass is 379 g/mol. The van der Waals surface area contributed by atoms with Crippen LogP contribution in [0.25, 0.3) is 0 Å². The number of hydrogen-bond acceptors (Lipinski definition) is 2. The fraction of sp³-hybridized carbons (Fsp3) is 0.348. The lowest BCUT2D eigenvalue weighted by Gasteiger charge is -2.28. The number of benzene rings is 2. The normalized spacial score (nSPS) is 19.2. The van der Waals surface area contributed by atoms with Crippen molar-refractivity contribution in [2.45, 2.75) is 37.5 Å². The van der Waals surface area contributed by atoms with Gasteiger partial charge in [0, 0.05) is 14.7 Å². The number of amides is 1. The lowest BCUT2D eigenvalue weighted by Crippen LogP contribution is -2.42. The molecule has 1 atom stereocenters. The van der Waals surface area contributed by atoms with Crippen LogP contribution in [0.5, 0.6) is 0 Å². The molecule has 1 heterocycles. The molecule has 0 bridgehead atoms. The number of allylic oxidation sites excluding steroid dienone is 1. The van der Waals surface area contributed by atoms with E-state index in [-0.39, 0.29) is 5.91 Å². The molecule has 0 fully saturated rings. The van der Waals surface area contributed by atoms with Crippen LogP contribution >= 0.6 is 0 Å². The van der Waals surface area contributed by atoms with Gasteiger partial charge in [-0.1, -0.05) is 74.2 Å². The molecular formula is C23H29NO2Si. The number of fused-ring (bicyclic) bond motifs is 1. The van der Waals surface area contributed by atoms with E-state index in [0.29, 0.717) is 19.8 Å². The Kier molecular flexibility index (Phi) is 5.68. The summed E-state index contributed by atoms with van der Waals surface area (Å²) in [6, 6.07) is 19.2. The Morgan fingerprint density at radius 2 is 1.74 bits per heavy atom. The maximum Gasteiger partial charge on any atom is 0.244 e. The molecule has 2 aromatic carbocycles. The molecule has 4 heteroatoms. The Hall–Kier alpha value is -2.17. The quantitative estimate of drug-likeness (QED) is 0.358. The summed E-state index contributed by atoms with van der Waals surface area (Å²) in [7, 11) is -1.16. The third-order valence-corrected chi connectivity index (χ3v) is 6.90. The topological polar surface area (TPSA) is 29.5 Å². The third-order valence-electron chi connectivity index (χ3n) is 5.20. The Labute approximate surface area is 163 Å². The zero-order valence-electron chi connectivity index (χ0n) is 16.6. The molecule has 0 aliphatic carbocycles. The van der Waals surface area contributed by atoms with Crippen molar-refractivity contribution in [2.24, 2.45) is 0 Å². The van der Waals surface area contributed by atoms with Gasteiger partial charge < -0.3 is 4.74 Å². The van der Waals surface area contributed by atoms with Gasteiger partial charge in [0.25, 0.3) is 0 Å². The van der Waals surface area contributed by atoms with E-state index in [1.165, 1.54) is 0 Å². The summed E-state index contributed by atoms with van der Waals surface area (Å²) in [5, 5.41) is 0. The van der Waals surface area contributed by atoms with Crippen LogP contribution in [0.2, 0.25) is 25.7 Å². The first-order chi connectivity index (χ1) is 12.9. The minimum absolute atomic E-state index is 0.0720. The molecule has 3 rings (SSSR count). The average molecular weight is 380 g/mol. The first kappa shape index (κ1) is 19.6. The summed E-state index contributed by atoms with van der Waals surface area (Å²) >= 11 is 0. The van der Waals surface area contributed by atoms with Crippen LogP contribution < -0.4 is 4.90 Å². The molecule has 0 N–H and O–H groups in total. The van der Waals surface area contributed by atoms with Crippen LogP contribution in [0.15, 0.2) is 67.3 Å². The van der Waals surface area contributed by atoms with Gasteiger partial charge in [0.15, 0.2) is 0 Å². The number of para-hydroxylation sites is 1. The van der Waals surface area contributed by atoms with E-state index in [1.807, 2.05) is 54.6 Å². The molecule has 0 saturated carbocycles. The van der Waals surface area contributed by atoms with Gasteiger partial charge in [-0.25, -0.2) is 0 Å². The maximum absolute atomic E-state index is 13.7. The van der Waals surface area contributed by atoms with Crippen LogP contribution in [0.4, 0.5) is 5.69 Å². The minimum atomic E-state index is -1.16. The Morgan fingerprint density at radius 1 is 1.07 bits per heavy atom. The zero-order valence-corrected chi connectivity index (χ0v) is 17.6. The lowest BCUT2D eigenvalue weighted by atomic mass is 9.73. The Bertz CT molecular complexity index is 813. The third kappa shape index (κ3) is 3.78. The van der Waals surface area contributed by atoms with Gasteiger partial charge in [-0.3, -0.25) is 9.69 Å². The summed E-state index contributed by atoms with van der Waals surface area (Å²) in [5.41, 5.74) is 2.27. The van der Waals surface area contributed by atoms with Crippen molar-refractivity contribution in [2.75, 3.05) is 18.2 Å². The van der Waals surface area contributed by atoms with Crippen LogP contribution in [-0.2, 0) is 14.9 Å². The molecule has 3 nitrogen and oxygen atoms in total. The molecule has 142 valence electrons. The predicted octanol–water partition coefficient (Wildman–Crippen LogP) is 5.21. The van der Waals surface area contributed by atoms with E-state index in [0.717, 1.165) is 22.9 Å². The number of ether oxygens (including phenoxy) is 1. The van der Waals surface area contributed by atoms with Crippen molar-refractivity contribution >= 4 is 19.7 Å². The van der Waals surface area contributed by atoms with Crippen molar-refractivity contribution in [3.8, 4) is 0 Å². The van der Waals surface area contributed by atoms with Gasteiger partial charge >= 0.3 is 0 Å². The molecule has 2 aromatic rings. The van der Waals surface area contributed by atoms with E-state index in [9.17, 15) is 4.79 Å². The fourth-order valence-electron chi connectivity index (χ4n) is 3.72. The number of nitrogens with zero attached hydrogens (tertiary/aromatic N) is 1. The number of rotatable bonds is 8. The highest BCUT2D eigenvalue weighted by Gasteiger charge is 2.51. The van der Waals surface area contributed by atoms with Crippen LogP contribution in [0.1, 0.15) is 17.5 Å². The number of anilines is 1. The number of carbonyl (C=O) groups is 1. The van der Waals surface area contributed by atoms with Crippen molar-refractivity contribution in [3.63, 3.8) is 0 Å². The van der Waals surface area contributed by atoms with Crippen molar-refractivity contribution in [1.82, 2.24) is 0 Å². The van der Waals surface area contributed by atoms with Crippen molar-refractivity contribution in [1.29, 1.82) is 0 Å². The number of hydrogen-bond donors (Lipinski definition) is 0. The summed E-state index contributed by atoms with van der Waals surface area (Å²) < 4.78 is 5.94. The minimum Gasteiger partial charge on any atom is -0.361 e. The van der Waals surface area contributed by atoms with Gasteiger partial charge in [0.2, 0.25) is 5.91 Å². The summed E-state index contributed by atoms with van der Waals surface area (Å²) in [6.45, 7) is 11.9. The highest BCUT2D eigenvalue weighted by Crippen LogP contribution is 2.48. The highest BCUT2D eigenvalue weighted by atomic mass is 28.3. The SMILES string of the molecule is C=CC[C@]1(c2ccccc2)C(=O)N(COCC[Si](C)(C)C)c2ccccc21. The largest absolute Gasteiger partial charge is 0.361 e. The molecule has 27 heavy (non-hydrogen) atoms. The lowest BCUT2D eigenvalue weighted by molar-refractivity contribution is -0.122. The smallest absolute Gasteiger partial charge is 0.244 e. The molecule has 0 unspecified atom stereocenters. The molecule has 1 aliphatic rings. The summed E-state index contributed by atoms with van der Waals surface area (Å²) in [6.07, 6.45) is 2.41. The second-order valence-corrected chi connectivity index (χ2v) is 14.0. The summed E-state index contributed by atoms with van der Waals surface area (Å²) in [4.78, 5) is 15.5. The van der Waals surface area contributed by atoms with E-state index in [1.54, 1.807) is 4.90 Å². The van der Waals surface area contributed by atoms with Crippen LogP contribution in [-0.4, -0.2) is 27.3 Å².